The van der Waals surface area contributed by atoms with E-state index in [4.69, 9.17) is 0 Å². The van der Waals surface area contributed by atoms with Crippen molar-refractivity contribution >= 4 is 0 Å². The van der Waals surface area contributed by atoms with Crippen molar-refractivity contribution in [3.63, 3.8) is 0 Å². The molecule has 0 saturated heterocycles. The first-order valence-electron chi connectivity index (χ1n) is 4.64. The molecule has 0 spiro atoms. The van der Waals surface area contributed by atoms with Crippen molar-refractivity contribution in [1.82, 2.24) is 25.4 Å². The standard InChI is InChI=1S/C10H11N5/c1-6-4-9(5-11-7(6)2)10-14-12-8(3)13-15-10/h4-5H,1-3H3. The van der Waals surface area contributed by atoms with E-state index in [9.17, 15) is 0 Å². The molecule has 0 unspecified atom stereocenters. The second-order valence-electron chi connectivity index (χ2n) is 3.40. The van der Waals surface area contributed by atoms with Gasteiger partial charge in [0.1, 0.15) is 0 Å². The minimum absolute atomic E-state index is 0.510. The highest BCUT2D eigenvalue weighted by atomic mass is 15.3. The predicted molar refractivity (Wildman–Crippen MR) is 55.1 cm³/mol. The van der Waals surface area contributed by atoms with E-state index in [1.165, 1.54) is 0 Å². The zero-order chi connectivity index (χ0) is 10.8. The molecule has 0 aliphatic heterocycles. The van der Waals surface area contributed by atoms with Gasteiger partial charge < -0.3 is 0 Å². The summed E-state index contributed by atoms with van der Waals surface area (Å²) in [7, 11) is 0. The maximum absolute atomic E-state index is 4.24. The highest BCUT2D eigenvalue weighted by Gasteiger charge is 2.04. The number of aryl methyl sites for hydroxylation is 3. The number of pyridine rings is 1. The van der Waals surface area contributed by atoms with Gasteiger partial charge in [0.25, 0.3) is 0 Å². The van der Waals surface area contributed by atoms with E-state index in [1.54, 1.807) is 13.1 Å². The van der Waals surface area contributed by atoms with Crippen LogP contribution in [0.4, 0.5) is 0 Å². The van der Waals surface area contributed by atoms with E-state index < -0.39 is 0 Å². The Labute approximate surface area is 87.6 Å². The quantitative estimate of drug-likeness (QED) is 0.694. The van der Waals surface area contributed by atoms with Crippen LogP contribution < -0.4 is 0 Å². The van der Waals surface area contributed by atoms with Gasteiger partial charge in [0, 0.05) is 17.5 Å². The zero-order valence-electron chi connectivity index (χ0n) is 8.89. The number of hydrogen-bond donors (Lipinski definition) is 0. The van der Waals surface area contributed by atoms with Gasteiger partial charge in [-0.15, -0.1) is 20.4 Å². The Kier molecular flexibility index (Phi) is 2.37. The number of aromatic nitrogens is 5. The minimum atomic E-state index is 0.510. The topological polar surface area (TPSA) is 64.5 Å². The van der Waals surface area contributed by atoms with Crippen molar-refractivity contribution in [3.8, 4) is 11.4 Å². The van der Waals surface area contributed by atoms with E-state index in [0.29, 0.717) is 11.6 Å². The lowest BCUT2D eigenvalue weighted by Crippen LogP contribution is -1.99. The van der Waals surface area contributed by atoms with E-state index in [0.717, 1.165) is 16.8 Å². The van der Waals surface area contributed by atoms with Gasteiger partial charge in [0.05, 0.1) is 0 Å². The maximum atomic E-state index is 4.24. The van der Waals surface area contributed by atoms with Gasteiger partial charge in [-0.3, -0.25) is 4.98 Å². The first-order valence-corrected chi connectivity index (χ1v) is 4.64. The third kappa shape index (κ3) is 1.96. The SMILES string of the molecule is Cc1nnc(-c2cnc(C)c(C)c2)nn1. The van der Waals surface area contributed by atoms with Crippen molar-refractivity contribution in [2.75, 3.05) is 0 Å². The summed E-state index contributed by atoms with van der Waals surface area (Å²) in [5.41, 5.74) is 2.96. The van der Waals surface area contributed by atoms with Crippen molar-refractivity contribution in [2.24, 2.45) is 0 Å². The molecular formula is C10H11N5. The molecule has 0 radical (unpaired) electrons. The Morgan fingerprint density at radius 2 is 1.60 bits per heavy atom. The smallest absolute Gasteiger partial charge is 0.205 e. The van der Waals surface area contributed by atoms with Gasteiger partial charge in [0.2, 0.25) is 5.82 Å². The fourth-order valence-corrected chi connectivity index (χ4v) is 1.16. The van der Waals surface area contributed by atoms with Crippen LogP contribution in [0.3, 0.4) is 0 Å². The Bertz CT molecular complexity index is 478. The number of rotatable bonds is 1. The van der Waals surface area contributed by atoms with Crippen LogP contribution in [0.25, 0.3) is 11.4 Å². The van der Waals surface area contributed by atoms with Crippen molar-refractivity contribution in [3.05, 3.63) is 29.3 Å². The average molecular weight is 201 g/mol. The summed E-state index contributed by atoms with van der Waals surface area (Å²) in [4.78, 5) is 4.24. The van der Waals surface area contributed by atoms with Crippen LogP contribution in [-0.4, -0.2) is 25.4 Å². The Balaban J connectivity index is 2.45. The Morgan fingerprint density at radius 1 is 0.933 bits per heavy atom. The molecule has 0 saturated carbocycles. The molecule has 0 aromatic carbocycles. The van der Waals surface area contributed by atoms with Crippen LogP contribution >= 0.6 is 0 Å². The molecule has 0 bridgehead atoms. The lowest BCUT2D eigenvalue weighted by Gasteiger charge is -2.01. The van der Waals surface area contributed by atoms with Crippen LogP contribution in [0.5, 0.6) is 0 Å². The summed E-state index contributed by atoms with van der Waals surface area (Å²) < 4.78 is 0. The molecule has 76 valence electrons. The van der Waals surface area contributed by atoms with Crippen molar-refractivity contribution < 1.29 is 0 Å². The lowest BCUT2D eigenvalue weighted by molar-refractivity contribution is 0.815. The highest BCUT2D eigenvalue weighted by molar-refractivity contribution is 5.53. The molecule has 0 aliphatic carbocycles. The largest absolute Gasteiger partial charge is 0.261 e. The monoisotopic (exact) mass is 201 g/mol. The molecule has 2 aromatic heterocycles. The van der Waals surface area contributed by atoms with Gasteiger partial charge in [-0.05, 0) is 32.4 Å². The normalized spacial score (nSPS) is 10.3. The fraction of sp³-hybridized carbons (Fsp3) is 0.300. The lowest BCUT2D eigenvalue weighted by atomic mass is 10.1. The van der Waals surface area contributed by atoms with E-state index in [1.807, 2.05) is 19.9 Å². The second kappa shape index (κ2) is 3.68. The second-order valence-corrected chi connectivity index (χ2v) is 3.40. The molecule has 2 heterocycles. The molecule has 0 N–H and O–H groups in total. The first kappa shape index (κ1) is 9.64. The van der Waals surface area contributed by atoms with E-state index in [-0.39, 0.29) is 0 Å². The number of nitrogens with zero attached hydrogens (tertiary/aromatic N) is 5. The molecule has 5 heteroatoms. The molecule has 0 amide bonds. The summed E-state index contributed by atoms with van der Waals surface area (Å²) >= 11 is 0. The molecule has 0 atom stereocenters. The van der Waals surface area contributed by atoms with Crippen LogP contribution in [-0.2, 0) is 0 Å². The van der Waals surface area contributed by atoms with E-state index >= 15 is 0 Å². The predicted octanol–water partition coefficient (Wildman–Crippen LogP) is 1.25. The van der Waals surface area contributed by atoms with Gasteiger partial charge in [-0.2, -0.15) is 0 Å². The zero-order valence-corrected chi connectivity index (χ0v) is 8.89. The molecule has 2 aromatic rings. The molecular weight excluding hydrogens is 190 g/mol. The Morgan fingerprint density at radius 3 is 2.20 bits per heavy atom. The summed E-state index contributed by atoms with van der Waals surface area (Å²) in [6.07, 6.45) is 1.73. The fourth-order valence-electron chi connectivity index (χ4n) is 1.16. The van der Waals surface area contributed by atoms with Gasteiger partial charge >= 0.3 is 0 Å². The summed E-state index contributed by atoms with van der Waals surface area (Å²) in [5.74, 6) is 1.08. The molecule has 0 aliphatic rings. The van der Waals surface area contributed by atoms with E-state index in [2.05, 4.69) is 25.4 Å². The summed E-state index contributed by atoms with van der Waals surface area (Å²) in [6, 6.07) is 1.98. The highest BCUT2D eigenvalue weighted by Crippen LogP contribution is 2.14. The average Bonchev–Trinajstić information content (AvgIpc) is 2.23. The first-order chi connectivity index (χ1) is 7.16. The van der Waals surface area contributed by atoms with Crippen LogP contribution in [0, 0.1) is 20.8 Å². The van der Waals surface area contributed by atoms with Gasteiger partial charge in [0.15, 0.2) is 5.82 Å². The van der Waals surface area contributed by atoms with Crippen LogP contribution in [0.2, 0.25) is 0 Å². The molecule has 0 fully saturated rings. The van der Waals surface area contributed by atoms with Crippen molar-refractivity contribution in [1.29, 1.82) is 0 Å². The molecule has 5 nitrogen and oxygen atoms in total. The Hall–Kier alpha value is -1.91. The summed E-state index contributed by atoms with van der Waals surface area (Å²) in [6.45, 7) is 5.72. The van der Waals surface area contributed by atoms with Gasteiger partial charge in [-0.25, -0.2) is 0 Å². The third-order valence-electron chi connectivity index (χ3n) is 2.18. The summed E-state index contributed by atoms with van der Waals surface area (Å²) in [5, 5.41) is 15.6. The molecule has 15 heavy (non-hydrogen) atoms. The maximum Gasteiger partial charge on any atom is 0.205 e. The van der Waals surface area contributed by atoms with Crippen molar-refractivity contribution in [2.45, 2.75) is 20.8 Å². The molecule has 2 rings (SSSR count). The number of hydrogen-bond acceptors (Lipinski definition) is 5. The van der Waals surface area contributed by atoms with Crippen LogP contribution in [0.1, 0.15) is 17.1 Å². The van der Waals surface area contributed by atoms with Crippen LogP contribution in [0.15, 0.2) is 12.3 Å². The minimum Gasteiger partial charge on any atom is -0.261 e. The van der Waals surface area contributed by atoms with Gasteiger partial charge in [-0.1, -0.05) is 0 Å². The third-order valence-corrected chi connectivity index (χ3v) is 2.18.